The van der Waals surface area contributed by atoms with Crippen molar-refractivity contribution in [3.05, 3.63) is 24.3 Å². The zero-order valence-electron chi connectivity index (χ0n) is 7.27. The van der Waals surface area contributed by atoms with E-state index in [0.717, 1.165) is 5.75 Å². The molecule has 1 aromatic rings. The molecule has 0 amide bonds. The molecule has 0 spiro atoms. The molecule has 0 radical (unpaired) electrons. The van der Waals surface area contributed by atoms with Crippen LogP contribution < -0.4 is 9.47 Å². The highest BCUT2D eigenvalue weighted by atomic mass is 16.5. The second-order valence-electron chi connectivity index (χ2n) is 3.05. The fourth-order valence-electron chi connectivity index (χ4n) is 1.26. The summed E-state index contributed by atoms with van der Waals surface area (Å²) >= 11 is 0. The fraction of sp³-hybridized carbons (Fsp3) is 0.400. The molecule has 0 saturated heterocycles. The van der Waals surface area contributed by atoms with Crippen LogP contribution in [0.1, 0.15) is 6.42 Å². The molecule has 70 valence electrons. The van der Waals surface area contributed by atoms with Crippen molar-refractivity contribution < 1.29 is 14.6 Å². The average molecular weight is 180 g/mol. The fourth-order valence-corrected chi connectivity index (χ4v) is 1.26. The molecule has 1 atom stereocenters. The molecule has 1 N–H and O–H groups in total. The third kappa shape index (κ3) is 1.92. The van der Waals surface area contributed by atoms with Gasteiger partial charge in [-0.2, -0.15) is 0 Å². The highest BCUT2D eigenvalue weighted by Gasteiger charge is 2.12. The Labute approximate surface area is 76.9 Å². The number of hydrogen-bond donors (Lipinski definition) is 1. The van der Waals surface area contributed by atoms with Gasteiger partial charge in [-0.05, 0) is 12.1 Å². The van der Waals surface area contributed by atoms with Gasteiger partial charge < -0.3 is 14.6 Å². The van der Waals surface area contributed by atoms with E-state index in [1.165, 1.54) is 0 Å². The SMILES string of the molecule is O[C@@H]1CCOc2ccccc2OC1. The summed E-state index contributed by atoms with van der Waals surface area (Å²) in [7, 11) is 0. The van der Waals surface area contributed by atoms with Crippen LogP contribution in [0.4, 0.5) is 0 Å². The molecule has 1 aromatic carbocycles. The average Bonchev–Trinajstić information content (AvgIpc) is 2.13. The number of rotatable bonds is 0. The largest absolute Gasteiger partial charge is 0.490 e. The standard InChI is InChI=1S/C10H12O3/c11-8-5-6-12-9-3-1-2-4-10(9)13-7-8/h1-4,8,11H,5-7H2/t8-/m1/s1. The molecule has 1 heterocycles. The third-order valence-corrected chi connectivity index (χ3v) is 1.99. The highest BCUT2D eigenvalue weighted by molar-refractivity contribution is 5.39. The van der Waals surface area contributed by atoms with Crippen LogP contribution in [0, 0.1) is 0 Å². The van der Waals surface area contributed by atoms with Gasteiger partial charge in [0.05, 0.1) is 12.7 Å². The smallest absolute Gasteiger partial charge is 0.161 e. The Balaban J connectivity index is 2.20. The number of aliphatic hydroxyl groups is 1. The molecule has 13 heavy (non-hydrogen) atoms. The molecule has 0 bridgehead atoms. The summed E-state index contributed by atoms with van der Waals surface area (Å²) in [4.78, 5) is 0. The van der Waals surface area contributed by atoms with Gasteiger partial charge in [-0.1, -0.05) is 12.1 Å². The number of ether oxygens (including phenoxy) is 2. The van der Waals surface area contributed by atoms with Gasteiger partial charge in [0.2, 0.25) is 0 Å². The van der Waals surface area contributed by atoms with Crippen molar-refractivity contribution in [3.8, 4) is 11.5 Å². The van der Waals surface area contributed by atoms with E-state index >= 15 is 0 Å². The molecule has 3 heteroatoms. The monoisotopic (exact) mass is 180 g/mol. The minimum Gasteiger partial charge on any atom is -0.490 e. The van der Waals surface area contributed by atoms with Crippen LogP contribution in [0.25, 0.3) is 0 Å². The topological polar surface area (TPSA) is 38.7 Å². The second-order valence-corrected chi connectivity index (χ2v) is 3.05. The molecule has 1 aliphatic rings. The van der Waals surface area contributed by atoms with Gasteiger partial charge in [-0.25, -0.2) is 0 Å². The summed E-state index contributed by atoms with van der Waals surface area (Å²) in [6.07, 6.45) is 0.197. The van der Waals surface area contributed by atoms with Gasteiger partial charge in [-0.15, -0.1) is 0 Å². The molecule has 3 nitrogen and oxygen atoms in total. The van der Waals surface area contributed by atoms with Crippen molar-refractivity contribution in [2.75, 3.05) is 13.2 Å². The second kappa shape index (κ2) is 3.66. The zero-order chi connectivity index (χ0) is 9.10. The summed E-state index contributed by atoms with van der Waals surface area (Å²) in [5.41, 5.74) is 0. The summed E-state index contributed by atoms with van der Waals surface area (Å²) in [5.74, 6) is 1.47. The van der Waals surface area contributed by atoms with E-state index in [1.54, 1.807) is 0 Å². The summed E-state index contributed by atoms with van der Waals surface area (Å²) in [6, 6.07) is 7.50. The quantitative estimate of drug-likeness (QED) is 0.652. The number of aliphatic hydroxyl groups excluding tert-OH is 1. The number of para-hydroxylation sites is 2. The predicted octanol–water partition coefficient (Wildman–Crippen LogP) is 1.21. The van der Waals surface area contributed by atoms with Crippen LogP contribution in [0.2, 0.25) is 0 Å². The molecule has 1 aliphatic heterocycles. The summed E-state index contributed by atoms with van der Waals surface area (Å²) in [5, 5.41) is 9.33. The maximum atomic E-state index is 9.33. The summed E-state index contributed by atoms with van der Waals surface area (Å²) in [6.45, 7) is 0.891. The van der Waals surface area contributed by atoms with Gasteiger partial charge in [0, 0.05) is 6.42 Å². The van der Waals surface area contributed by atoms with Crippen molar-refractivity contribution in [1.82, 2.24) is 0 Å². The molecule has 0 unspecified atom stereocenters. The van der Waals surface area contributed by atoms with E-state index < -0.39 is 6.10 Å². The Morgan fingerprint density at radius 3 is 2.62 bits per heavy atom. The minimum atomic E-state index is -0.423. The first-order valence-electron chi connectivity index (χ1n) is 4.39. The van der Waals surface area contributed by atoms with Crippen LogP contribution in [0.15, 0.2) is 24.3 Å². The van der Waals surface area contributed by atoms with E-state index in [9.17, 15) is 5.11 Å². The molecule has 0 fully saturated rings. The Kier molecular flexibility index (Phi) is 2.36. The molecule has 0 aliphatic carbocycles. The van der Waals surface area contributed by atoms with E-state index in [1.807, 2.05) is 24.3 Å². The van der Waals surface area contributed by atoms with E-state index in [4.69, 9.17) is 9.47 Å². The lowest BCUT2D eigenvalue weighted by Crippen LogP contribution is -2.22. The number of hydrogen-bond acceptors (Lipinski definition) is 3. The van der Waals surface area contributed by atoms with Crippen LogP contribution in [-0.2, 0) is 0 Å². The van der Waals surface area contributed by atoms with E-state index in [2.05, 4.69) is 0 Å². The normalized spacial score (nSPS) is 21.8. The number of fused-ring (bicyclic) bond motifs is 1. The lowest BCUT2D eigenvalue weighted by molar-refractivity contribution is 0.0722. The van der Waals surface area contributed by atoms with Crippen molar-refractivity contribution in [2.24, 2.45) is 0 Å². The van der Waals surface area contributed by atoms with Crippen LogP contribution in [0.3, 0.4) is 0 Å². The van der Waals surface area contributed by atoms with Gasteiger partial charge in [-0.3, -0.25) is 0 Å². The summed E-state index contributed by atoms with van der Waals surface area (Å²) < 4.78 is 10.8. The van der Waals surface area contributed by atoms with Crippen LogP contribution in [-0.4, -0.2) is 24.4 Å². The lowest BCUT2D eigenvalue weighted by atomic mass is 10.2. The van der Waals surface area contributed by atoms with E-state index in [-0.39, 0.29) is 0 Å². The Morgan fingerprint density at radius 1 is 1.15 bits per heavy atom. The number of benzene rings is 1. The molecule has 0 aromatic heterocycles. The Morgan fingerprint density at radius 2 is 1.85 bits per heavy atom. The minimum absolute atomic E-state index is 0.348. The maximum absolute atomic E-state index is 9.33. The van der Waals surface area contributed by atoms with Gasteiger partial charge in [0.15, 0.2) is 11.5 Å². The molecular formula is C10H12O3. The van der Waals surface area contributed by atoms with Crippen molar-refractivity contribution in [3.63, 3.8) is 0 Å². The van der Waals surface area contributed by atoms with Gasteiger partial charge >= 0.3 is 0 Å². The third-order valence-electron chi connectivity index (χ3n) is 1.99. The Bertz CT molecular complexity index is 285. The van der Waals surface area contributed by atoms with Crippen molar-refractivity contribution in [1.29, 1.82) is 0 Å². The Hall–Kier alpha value is -1.22. The zero-order valence-corrected chi connectivity index (χ0v) is 7.27. The molecule has 0 saturated carbocycles. The molecule has 2 rings (SSSR count). The first-order valence-corrected chi connectivity index (χ1v) is 4.39. The van der Waals surface area contributed by atoms with Crippen LogP contribution in [0.5, 0.6) is 11.5 Å². The van der Waals surface area contributed by atoms with E-state index in [0.29, 0.717) is 25.4 Å². The van der Waals surface area contributed by atoms with Gasteiger partial charge in [0.25, 0.3) is 0 Å². The highest BCUT2D eigenvalue weighted by Crippen LogP contribution is 2.27. The van der Waals surface area contributed by atoms with Crippen molar-refractivity contribution >= 4 is 0 Å². The predicted molar refractivity (Wildman–Crippen MR) is 48.1 cm³/mol. The van der Waals surface area contributed by atoms with Crippen molar-refractivity contribution in [2.45, 2.75) is 12.5 Å². The first kappa shape index (κ1) is 8.38. The lowest BCUT2D eigenvalue weighted by Gasteiger charge is -2.19. The molecular weight excluding hydrogens is 168 g/mol. The van der Waals surface area contributed by atoms with Gasteiger partial charge in [0.1, 0.15) is 6.61 Å². The maximum Gasteiger partial charge on any atom is 0.161 e. The first-order chi connectivity index (χ1) is 6.36. The van der Waals surface area contributed by atoms with Crippen LogP contribution >= 0.6 is 0 Å².